The third-order valence-electron chi connectivity index (χ3n) is 4.82. The molecule has 2 aromatic carbocycles. The number of nitrogens with one attached hydrogen (secondary N) is 2. The Bertz CT molecular complexity index is 990. The van der Waals surface area contributed by atoms with Gasteiger partial charge < -0.3 is 10.6 Å². The number of hydrogen-bond donors (Lipinski definition) is 2. The van der Waals surface area contributed by atoms with Gasteiger partial charge in [0.1, 0.15) is 0 Å². The molecule has 0 atom stereocenters. The minimum Gasteiger partial charge on any atom is -0.348 e. The number of aryl methyl sites for hydroxylation is 2. The highest BCUT2D eigenvalue weighted by molar-refractivity contribution is 7.93. The van der Waals surface area contributed by atoms with E-state index in [0.29, 0.717) is 36.4 Å². The van der Waals surface area contributed by atoms with E-state index in [1.807, 2.05) is 30.3 Å². The molecule has 7 nitrogen and oxygen atoms in total. The monoisotopic (exact) mass is 415 g/mol. The summed E-state index contributed by atoms with van der Waals surface area (Å²) in [6.07, 6.45) is 2.16. The third-order valence-corrected chi connectivity index (χ3v) is 6.69. The van der Waals surface area contributed by atoms with Gasteiger partial charge in [-0.2, -0.15) is 0 Å². The molecular formula is C21H25N3O4S. The summed E-state index contributed by atoms with van der Waals surface area (Å²) < 4.78 is 25.5. The normalized spacial score (nSPS) is 15.1. The van der Waals surface area contributed by atoms with Crippen molar-refractivity contribution in [1.29, 1.82) is 0 Å². The quantitative estimate of drug-likeness (QED) is 0.559. The predicted molar refractivity (Wildman–Crippen MR) is 113 cm³/mol. The first-order chi connectivity index (χ1) is 13.9. The maximum absolute atomic E-state index is 12.1. The molecule has 0 saturated carbocycles. The molecule has 154 valence electrons. The lowest BCUT2D eigenvalue weighted by Crippen LogP contribution is -2.36. The Morgan fingerprint density at radius 3 is 2.48 bits per heavy atom. The van der Waals surface area contributed by atoms with Crippen molar-refractivity contribution >= 4 is 33.2 Å². The zero-order chi connectivity index (χ0) is 20.9. The van der Waals surface area contributed by atoms with Crippen LogP contribution in [0.25, 0.3) is 0 Å². The van der Waals surface area contributed by atoms with Gasteiger partial charge in [0.15, 0.2) is 0 Å². The molecule has 8 heteroatoms. The van der Waals surface area contributed by atoms with Crippen LogP contribution in [0.5, 0.6) is 0 Å². The Morgan fingerprint density at radius 1 is 1.07 bits per heavy atom. The number of nitrogens with zero attached hydrogens (tertiary/aromatic N) is 1. The lowest BCUT2D eigenvalue weighted by atomic mass is 10.1. The summed E-state index contributed by atoms with van der Waals surface area (Å²) in [5.41, 5.74) is 2.93. The summed E-state index contributed by atoms with van der Waals surface area (Å²) >= 11 is 0. The molecule has 1 aliphatic rings. The molecule has 1 heterocycles. The Kier molecular flexibility index (Phi) is 6.53. The maximum atomic E-state index is 12.1. The molecule has 29 heavy (non-hydrogen) atoms. The van der Waals surface area contributed by atoms with Gasteiger partial charge in [0.2, 0.25) is 10.0 Å². The van der Waals surface area contributed by atoms with Crippen LogP contribution < -0.4 is 14.9 Å². The van der Waals surface area contributed by atoms with Gasteiger partial charge in [-0.25, -0.2) is 8.42 Å². The summed E-state index contributed by atoms with van der Waals surface area (Å²) in [6.45, 7) is 2.63. The van der Waals surface area contributed by atoms with E-state index in [4.69, 9.17) is 0 Å². The van der Waals surface area contributed by atoms with Gasteiger partial charge in [0.25, 0.3) is 0 Å². The molecule has 3 rings (SSSR count). The lowest BCUT2D eigenvalue weighted by molar-refractivity contribution is -0.136. The lowest BCUT2D eigenvalue weighted by Gasteiger charge is -2.18. The van der Waals surface area contributed by atoms with Crippen molar-refractivity contribution in [2.45, 2.75) is 26.2 Å². The van der Waals surface area contributed by atoms with E-state index in [2.05, 4.69) is 10.6 Å². The van der Waals surface area contributed by atoms with Crippen molar-refractivity contribution in [3.8, 4) is 0 Å². The second-order valence-corrected chi connectivity index (χ2v) is 9.05. The van der Waals surface area contributed by atoms with Crippen LogP contribution in [-0.2, 0) is 26.0 Å². The van der Waals surface area contributed by atoms with Crippen LogP contribution in [-0.4, -0.2) is 39.1 Å². The number of sulfonamides is 1. The van der Waals surface area contributed by atoms with Crippen molar-refractivity contribution in [3.63, 3.8) is 0 Å². The number of carbonyl (C=O) groups excluding carboxylic acids is 2. The van der Waals surface area contributed by atoms with E-state index in [1.165, 1.54) is 9.87 Å². The standard InChI is InChI=1S/C21H25N3O4S/c1-16-15-18(24-13-6-14-29(24,27)28)10-11-19(16)23-21(26)20(25)22-12-5-9-17-7-3-2-4-8-17/h2-4,7-8,10-11,15H,5-6,9,12-14H2,1H3,(H,22,25)(H,23,26). The molecule has 0 aliphatic carbocycles. The average Bonchev–Trinajstić information content (AvgIpc) is 3.06. The smallest absolute Gasteiger partial charge is 0.313 e. The highest BCUT2D eigenvalue weighted by atomic mass is 32.2. The second kappa shape index (κ2) is 9.09. The number of hydrogen-bond acceptors (Lipinski definition) is 4. The van der Waals surface area contributed by atoms with Crippen LogP contribution in [0.4, 0.5) is 11.4 Å². The molecule has 2 amide bonds. The summed E-state index contributed by atoms with van der Waals surface area (Å²) in [6, 6.07) is 14.9. The van der Waals surface area contributed by atoms with E-state index in [9.17, 15) is 18.0 Å². The Balaban J connectivity index is 1.51. The number of rotatable bonds is 6. The first-order valence-electron chi connectivity index (χ1n) is 9.61. The second-order valence-electron chi connectivity index (χ2n) is 7.04. The van der Waals surface area contributed by atoms with Crippen LogP contribution >= 0.6 is 0 Å². The molecule has 1 aliphatic heterocycles. The van der Waals surface area contributed by atoms with Gasteiger partial charge in [0, 0.05) is 18.8 Å². The van der Waals surface area contributed by atoms with Crippen molar-refractivity contribution < 1.29 is 18.0 Å². The molecule has 1 fully saturated rings. The average molecular weight is 416 g/mol. The van der Waals surface area contributed by atoms with E-state index >= 15 is 0 Å². The molecule has 2 aromatic rings. The van der Waals surface area contributed by atoms with E-state index in [0.717, 1.165) is 12.8 Å². The van der Waals surface area contributed by atoms with E-state index < -0.39 is 21.8 Å². The predicted octanol–water partition coefficient (Wildman–Crippen LogP) is 2.22. The molecule has 0 radical (unpaired) electrons. The summed E-state index contributed by atoms with van der Waals surface area (Å²) in [7, 11) is -3.26. The van der Waals surface area contributed by atoms with Gasteiger partial charge in [-0.05, 0) is 55.5 Å². The van der Waals surface area contributed by atoms with Crippen LogP contribution in [0.3, 0.4) is 0 Å². The minimum atomic E-state index is -3.26. The molecule has 2 N–H and O–H groups in total. The first kappa shape index (κ1) is 20.9. The van der Waals surface area contributed by atoms with Crippen molar-refractivity contribution in [2.75, 3.05) is 28.5 Å². The Labute approximate surface area is 171 Å². The van der Waals surface area contributed by atoms with Gasteiger partial charge >= 0.3 is 11.8 Å². The summed E-state index contributed by atoms with van der Waals surface area (Å²) in [5, 5.41) is 5.21. The first-order valence-corrected chi connectivity index (χ1v) is 11.2. The summed E-state index contributed by atoms with van der Waals surface area (Å²) in [4.78, 5) is 24.2. The molecule has 0 bridgehead atoms. The maximum Gasteiger partial charge on any atom is 0.313 e. The number of anilines is 2. The van der Waals surface area contributed by atoms with Crippen molar-refractivity contribution in [2.24, 2.45) is 0 Å². The van der Waals surface area contributed by atoms with Gasteiger partial charge in [0.05, 0.1) is 11.4 Å². The van der Waals surface area contributed by atoms with Crippen molar-refractivity contribution in [1.82, 2.24) is 5.32 Å². The fourth-order valence-electron chi connectivity index (χ4n) is 3.27. The highest BCUT2D eigenvalue weighted by Crippen LogP contribution is 2.27. The molecule has 0 unspecified atom stereocenters. The topological polar surface area (TPSA) is 95.6 Å². The minimum absolute atomic E-state index is 0.148. The van der Waals surface area contributed by atoms with Gasteiger partial charge in [-0.15, -0.1) is 0 Å². The van der Waals surface area contributed by atoms with Crippen LogP contribution in [0.1, 0.15) is 24.0 Å². The fourth-order valence-corrected chi connectivity index (χ4v) is 4.83. The van der Waals surface area contributed by atoms with Gasteiger partial charge in [-0.3, -0.25) is 13.9 Å². The molecule has 0 aromatic heterocycles. The fraction of sp³-hybridized carbons (Fsp3) is 0.333. The zero-order valence-electron chi connectivity index (χ0n) is 16.3. The number of amides is 2. The van der Waals surface area contributed by atoms with Gasteiger partial charge in [-0.1, -0.05) is 30.3 Å². The number of carbonyl (C=O) groups is 2. The van der Waals surface area contributed by atoms with Crippen LogP contribution in [0.2, 0.25) is 0 Å². The summed E-state index contributed by atoms with van der Waals surface area (Å²) in [5.74, 6) is -1.28. The third kappa shape index (κ3) is 5.35. The largest absolute Gasteiger partial charge is 0.348 e. The molecule has 1 saturated heterocycles. The van der Waals surface area contributed by atoms with Crippen LogP contribution in [0, 0.1) is 6.92 Å². The van der Waals surface area contributed by atoms with E-state index in [-0.39, 0.29) is 5.75 Å². The highest BCUT2D eigenvalue weighted by Gasteiger charge is 2.28. The molecule has 0 spiro atoms. The Hall–Kier alpha value is -2.87. The zero-order valence-corrected chi connectivity index (χ0v) is 17.2. The molecular weight excluding hydrogens is 390 g/mol. The number of benzene rings is 2. The SMILES string of the molecule is Cc1cc(N2CCCS2(=O)=O)ccc1NC(=O)C(=O)NCCCc1ccccc1. The Morgan fingerprint density at radius 2 is 1.83 bits per heavy atom. The van der Waals surface area contributed by atoms with E-state index in [1.54, 1.807) is 25.1 Å². The van der Waals surface area contributed by atoms with Crippen LogP contribution in [0.15, 0.2) is 48.5 Å². The van der Waals surface area contributed by atoms with Crippen molar-refractivity contribution in [3.05, 3.63) is 59.7 Å².